The first-order valence-electron chi connectivity index (χ1n) is 9.64. The van der Waals surface area contributed by atoms with E-state index in [4.69, 9.17) is 4.52 Å². The lowest BCUT2D eigenvalue weighted by atomic mass is 9.84. The average Bonchev–Trinajstić information content (AvgIpc) is 3.11. The van der Waals surface area contributed by atoms with Gasteiger partial charge in [0.2, 0.25) is 5.89 Å². The number of hydrogen-bond donors (Lipinski definition) is 1. The molecule has 0 aliphatic heterocycles. The van der Waals surface area contributed by atoms with Crippen LogP contribution in [0.3, 0.4) is 0 Å². The normalized spacial score (nSPS) is 16.5. The van der Waals surface area contributed by atoms with E-state index in [0.29, 0.717) is 18.1 Å². The molecule has 2 heterocycles. The zero-order chi connectivity index (χ0) is 18.2. The Morgan fingerprint density at radius 3 is 2.88 bits per heavy atom. The van der Waals surface area contributed by atoms with Crippen LogP contribution in [0.4, 0.5) is 0 Å². The van der Waals surface area contributed by atoms with Crippen molar-refractivity contribution >= 4 is 5.97 Å². The van der Waals surface area contributed by atoms with E-state index in [9.17, 15) is 9.90 Å². The number of nitrogens with zero attached hydrogens (tertiary/aromatic N) is 3. The fourth-order valence-corrected chi connectivity index (χ4v) is 3.84. The van der Waals surface area contributed by atoms with E-state index in [0.717, 1.165) is 24.3 Å². The van der Waals surface area contributed by atoms with E-state index in [2.05, 4.69) is 15.1 Å². The maximum Gasteiger partial charge on any atom is 0.304 e. The molecule has 0 amide bonds. The molecule has 1 N–H and O–H groups in total. The Hall–Kier alpha value is -2.24. The summed E-state index contributed by atoms with van der Waals surface area (Å²) in [6, 6.07) is 3.83. The Morgan fingerprint density at radius 1 is 1.31 bits per heavy atom. The SMILES string of the molecule is O=C(O)CC(CCCC1CCCCC1)c1nc(Cc2cccnc2)no1. The number of aromatic nitrogens is 3. The van der Waals surface area contributed by atoms with Gasteiger partial charge in [0, 0.05) is 24.7 Å². The lowest BCUT2D eigenvalue weighted by Crippen LogP contribution is -2.10. The van der Waals surface area contributed by atoms with E-state index in [-0.39, 0.29) is 12.3 Å². The number of carboxylic acids is 1. The number of carbonyl (C=O) groups is 1. The van der Waals surface area contributed by atoms with Gasteiger partial charge in [0.25, 0.3) is 0 Å². The summed E-state index contributed by atoms with van der Waals surface area (Å²) in [5.41, 5.74) is 1.01. The van der Waals surface area contributed by atoms with Crippen molar-refractivity contribution in [2.75, 3.05) is 0 Å². The zero-order valence-electron chi connectivity index (χ0n) is 15.1. The van der Waals surface area contributed by atoms with E-state index >= 15 is 0 Å². The molecule has 0 radical (unpaired) electrons. The minimum atomic E-state index is -0.820. The summed E-state index contributed by atoms with van der Waals surface area (Å²) in [6.07, 6.45) is 13.7. The number of rotatable bonds is 9. The van der Waals surface area contributed by atoms with Crippen molar-refractivity contribution in [3.8, 4) is 0 Å². The Balaban J connectivity index is 1.57. The minimum absolute atomic E-state index is 0.0409. The third kappa shape index (κ3) is 5.64. The molecule has 0 saturated heterocycles. The van der Waals surface area contributed by atoms with Gasteiger partial charge in [0.15, 0.2) is 5.82 Å². The van der Waals surface area contributed by atoms with Gasteiger partial charge in [-0.3, -0.25) is 9.78 Å². The standard InChI is InChI=1S/C20H27N3O3/c24-19(25)13-17(10-4-8-15-6-2-1-3-7-15)20-22-18(23-26-20)12-16-9-5-11-21-14-16/h5,9,11,14-15,17H,1-4,6-8,10,12-13H2,(H,24,25). The van der Waals surface area contributed by atoms with E-state index in [1.165, 1.54) is 38.5 Å². The molecule has 0 aromatic carbocycles. The first-order valence-corrected chi connectivity index (χ1v) is 9.64. The van der Waals surface area contributed by atoms with E-state index in [1.807, 2.05) is 12.1 Å². The van der Waals surface area contributed by atoms with Crippen LogP contribution in [-0.4, -0.2) is 26.2 Å². The summed E-state index contributed by atoms with van der Waals surface area (Å²) in [6.45, 7) is 0. The van der Waals surface area contributed by atoms with Gasteiger partial charge in [-0.05, 0) is 24.0 Å². The van der Waals surface area contributed by atoms with E-state index in [1.54, 1.807) is 12.4 Å². The van der Waals surface area contributed by atoms with Gasteiger partial charge in [-0.15, -0.1) is 0 Å². The van der Waals surface area contributed by atoms with Crippen LogP contribution < -0.4 is 0 Å². The molecule has 140 valence electrons. The van der Waals surface area contributed by atoms with Gasteiger partial charge < -0.3 is 9.63 Å². The topological polar surface area (TPSA) is 89.1 Å². The van der Waals surface area contributed by atoms with E-state index < -0.39 is 5.97 Å². The lowest BCUT2D eigenvalue weighted by Gasteiger charge is -2.21. The Labute approximate surface area is 154 Å². The molecule has 1 atom stereocenters. The van der Waals surface area contributed by atoms with Crippen molar-refractivity contribution < 1.29 is 14.4 Å². The summed E-state index contributed by atoms with van der Waals surface area (Å²) >= 11 is 0. The third-order valence-electron chi connectivity index (χ3n) is 5.23. The van der Waals surface area contributed by atoms with Crippen molar-refractivity contribution in [2.24, 2.45) is 5.92 Å². The fraction of sp³-hybridized carbons (Fsp3) is 0.600. The van der Waals surface area contributed by atoms with Gasteiger partial charge >= 0.3 is 5.97 Å². The predicted octanol–water partition coefficient (Wildman–Crippen LogP) is 4.36. The zero-order valence-corrected chi connectivity index (χ0v) is 15.1. The summed E-state index contributed by atoms with van der Waals surface area (Å²) in [5.74, 6) is 0.814. The number of carboxylic acid groups (broad SMARTS) is 1. The molecule has 1 saturated carbocycles. The molecule has 2 aromatic rings. The molecular weight excluding hydrogens is 330 g/mol. The predicted molar refractivity (Wildman–Crippen MR) is 96.8 cm³/mol. The number of pyridine rings is 1. The number of aliphatic carboxylic acids is 1. The van der Waals surface area contributed by atoms with Crippen LogP contribution in [0.5, 0.6) is 0 Å². The largest absolute Gasteiger partial charge is 0.481 e. The second-order valence-corrected chi connectivity index (χ2v) is 7.32. The van der Waals surface area contributed by atoms with Gasteiger partial charge in [0.05, 0.1) is 6.42 Å². The molecule has 0 spiro atoms. The van der Waals surface area contributed by atoms with Crippen LogP contribution >= 0.6 is 0 Å². The minimum Gasteiger partial charge on any atom is -0.481 e. The second-order valence-electron chi connectivity index (χ2n) is 7.32. The Bertz CT molecular complexity index is 681. The first-order chi connectivity index (χ1) is 12.7. The molecule has 3 rings (SSSR count). The molecule has 1 unspecified atom stereocenters. The summed E-state index contributed by atoms with van der Waals surface area (Å²) in [4.78, 5) is 19.8. The summed E-state index contributed by atoms with van der Waals surface area (Å²) < 4.78 is 5.40. The average molecular weight is 357 g/mol. The highest BCUT2D eigenvalue weighted by atomic mass is 16.5. The number of hydrogen-bond acceptors (Lipinski definition) is 5. The highest BCUT2D eigenvalue weighted by Gasteiger charge is 2.23. The molecule has 1 aliphatic rings. The molecule has 0 bridgehead atoms. The first kappa shape index (κ1) is 18.5. The van der Waals surface area contributed by atoms with Crippen LogP contribution in [0, 0.1) is 5.92 Å². The maximum absolute atomic E-state index is 11.2. The van der Waals surface area contributed by atoms with Gasteiger partial charge in [-0.25, -0.2) is 0 Å². The van der Waals surface area contributed by atoms with Crippen LogP contribution in [0.15, 0.2) is 29.0 Å². The van der Waals surface area contributed by atoms with Crippen LogP contribution in [-0.2, 0) is 11.2 Å². The molecule has 1 aliphatic carbocycles. The third-order valence-corrected chi connectivity index (χ3v) is 5.23. The maximum atomic E-state index is 11.2. The van der Waals surface area contributed by atoms with Gasteiger partial charge in [0.1, 0.15) is 0 Å². The molecule has 26 heavy (non-hydrogen) atoms. The highest BCUT2D eigenvalue weighted by molar-refractivity contribution is 5.67. The van der Waals surface area contributed by atoms with Crippen molar-refractivity contribution in [1.29, 1.82) is 0 Å². The second kappa shape index (κ2) is 9.46. The summed E-state index contributed by atoms with van der Waals surface area (Å²) in [7, 11) is 0. The molecule has 1 fully saturated rings. The Kier molecular flexibility index (Phi) is 6.75. The van der Waals surface area contributed by atoms with Crippen molar-refractivity contribution in [3.05, 3.63) is 41.8 Å². The molecule has 6 nitrogen and oxygen atoms in total. The summed E-state index contributed by atoms with van der Waals surface area (Å²) in [5, 5.41) is 13.3. The van der Waals surface area contributed by atoms with Crippen molar-refractivity contribution in [1.82, 2.24) is 15.1 Å². The van der Waals surface area contributed by atoms with Crippen LogP contribution in [0.25, 0.3) is 0 Å². The molecule has 6 heteroatoms. The van der Waals surface area contributed by atoms with Crippen LogP contribution in [0.1, 0.15) is 81.0 Å². The van der Waals surface area contributed by atoms with Crippen molar-refractivity contribution in [2.45, 2.75) is 70.1 Å². The molecular formula is C20H27N3O3. The quantitative estimate of drug-likeness (QED) is 0.717. The van der Waals surface area contributed by atoms with Gasteiger partial charge in [-0.1, -0.05) is 56.2 Å². The molecule has 2 aromatic heterocycles. The van der Waals surface area contributed by atoms with Crippen molar-refractivity contribution in [3.63, 3.8) is 0 Å². The van der Waals surface area contributed by atoms with Gasteiger partial charge in [-0.2, -0.15) is 4.98 Å². The lowest BCUT2D eigenvalue weighted by molar-refractivity contribution is -0.137. The highest BCUT2D eigenvalue weighted by Crippen LogP contribution is 2.31. The van der Waals surface area contributed by atoms with Crippen LogP contribution in [0.2, 0.25) is 0 Å². The smallest absolute Gasteiger partial charge is 0.304 e. The Morgan fingerprint density at radius 2 is 2.15 bits per heavy atom. The fourth-order valence-electron chi connectivity index (χ4n) is 3.84. The monoisotopic (exact) mass is 357 g/mol.